The minimum Gasteiger partial charge on any atom is -0.492 e. The first-order valence-corrected chi connectivity index (χ1v) is 9.35. The summed E-state index contributed by atoms with van der Waals surface area (Å²) >= 11 is 5.95. The topological polar surface area (TPSA) is 47.6 Å². The highest BCUT2D eigenvalue weighted by Gasteiger charge is 2.18. The fourth-order valence-electron chi connectivity index (χ4n) is 2.74. The lowest BCUT2D eigenvalue weighted by Crippen LogP contribution is -2.39. The van der Waals surface area contributed by atoms with E-state index in [0.717, 1.165) is 11.1 Å². The summed E-state index contributed by atoms with van der Waals surface area (Å²) in [6, 6.07) is 21.1. The van der Waals surface area contributed by atoms with Crippen LogP contribution in [0.15, 0.2) is 66.7 Å². The van der Waals surface area contributed by atoms with Crippen LogP contribution in [0, 0.1) is 0 Å². The maximum Gasteiger partial charge on any atom is 0.261 e. The highest BCUT2D eigenvalue weighted by atomic mass is 35.5. The van der Waals surface area contributed by atoms with E-state index < -0.39 is 6.10 Å². The predicted molar refractivity (Wildman–Crippen MR) is 109 cm³/mol. The molecule has 3 rings (SSSR count). The molecule has 0 saturated carbocycles. The largest absolute Gasteiger partial charge is 0.492 e. The van der Waals surface area contributed by atoms with Crippen molar-refractivity contribution >= 4 is 28.3 Å². The molecule has 3 aromatic rings. The van der Waals surface area contributed by atoms with Crippen molar-refractivity contribution in [3.63, 3.8) is 0 Å². The molecule has 0 heterocycles. The molecule has 1 atom stereocenters. The third kappa shape index (κ3) is 5.38. The quantitative estimate of drug-likeness (QED) is 0.566. The van der Waals surface area contributed by atoms with Crippen LogP contribution in [0.5, 0.6) is 11.5 Å². The summed E-state index contributed by atoms with van der Waals surface area (Å²) < 4.78 is 11.5. The van der Waals surface area contributed by atoms with E-state index in [2.05, 4.69) is 11.4 Å². The zero-order chi connectivity index (χ0) is 19.1. The molecule has 0 unspecified atom stereocenters. The Balaban J connectivity index is 1.47. The Morgan fingerprint density at radius 3 is 2.59 bits per heavy atom. The Bertz CT molecular complexity index is 913. The minimum absolute atomic E-state index is 0.167. The summed E-state index contributed by atoms with van der Waals surface area (Å²) in [5.41, 5.74) is 0. The van der Waals surface area contributed by atoms with Gasteiger partial charge in [-0.1, -0.05) is 54.9 Å². The van der Waals surface area contributed by atoms with E-state index in [4.69, 9.17) is 21.1 Å². The van der Waals surface area contributed by atoms with Crippen molar-refractivity contribution in [3.8, 4) is 11.5 Å². The summed E-state index contributed by atoms with van der Waals surface area (Å²) in [7, 11) is 0. The van der Waals surface area contributed by atoms with Gasteiger partial charge in [0.05, 0.1) is 6.54 Å². The monoisotopic (exact) mass is 383 g/mol. The highest BCUT2D eigenvalue weighted by Crippen LogP contribution is 2.21. The van der Waals surface area contributed by atoms with Crippen LogP contribution < -0.4 is 14.8 Å². The summed E-state index contributed by atoms with van der Waals surface area (Å²) in [6.45, 7) is 2.69. The van der Waals surface area contributed by atoms with E-state index in [1.807, 2.05) is 43.3 Å². The van der Waals surface area contributed by atoms with Gasteiger partial charge in [-0.2, -0.15) is 0 Å². The van der Waals surface area contributed by atoms with Gasteiger partial charge >= 0.3 is 0 Å². The van der Waals surface area contributed by atoms with E-state index in [-0.39, 0.29) is 5.91 Å². The number of halogens is 1. The molecule has 1 N–H and O–H groups in total. The van der Waals surface area contributed by atoms with Gasteiger partial charge in [0.25, 0.3) is 5.91 Å². The van der Waals surface area contributed by atoms with E-state index in [1.165, 1.54) is 5.39 Å². The molecule has 27 heavy (non-hydrogen) atoms. The summed E-state index contributed by atoms with van der Waals surface area (Å²) in [5.74, 6) is 1.20. The highest BCUT2D eigenvalue weighted by molar-refractivity contribution is 6.30. The molecule has 0 spiro atoms. The van der Waals surface area contributed by atoms with Crippen LogP contribution in [0.2, 0.25) is 5.02 Å². The molecule has 0 aromatic heterocycles. The Morgan fingerprint density at radius 2 is 1.81 bits per heavy atom. The van der Waals surface area contributed by atoms with Gasteiger partial charge in [-0.15, -0.1) is 0 Å². The zero-order valence-corrected chi connectivity index (χ0v) is 15.9. The maximum absolute atomic E-state index is 12.3. The van der Waals surface area contributed by atoms with Crippen LogP contribution in [0.4, 0.5) is 0 Å². The molecular formula is C22H22ClNO3. The molecule has 0 aliphatic rings. The Morgan fingerprint density at radius 1 is 1.00 bits per heavy atom. The van der Waals surface area contributed by atoms with Gasteiger partial charge < -0.3 is 14.8 Å². The Kier molecular flexibility index (Phi) is 6.55. The van der Waals surface area contributed by atoms with Gasteiger partial charge in [0.15, 0.2) is 6.10 Å². The van der Waals surface area contributed by atoms with Crippen LogP contribution in [0.1, 0.15) is 13.3 Å². The third-order valence-electron chi connectivity index (χ3n) is 4.13. The normalized spacial score (nSPS) is 11.8. The molecule has 0 aliphatic carbocycles. The number of amides is 1. The number of benzene rings is 3. The summed E-state index contributed by atoms with van der Waals surface area (Å²) in [4.78, 5) is 12.3. The summed E-state index contributed by atoms with van der Waals surface area (Å²) in [5, 5.41) is 5.72. The second-order valence-electron chi connectivity index (χ2n) is 6.12. The second-order valence-corrected chi connectivity index (χ2v) is 6.56. The van der Waals surface area contributed by atoms with Crippen LogP contribution in [-0.2, 0) is 4.79 Å². The van der Waals surface area contributed by atoms with Crippen LogP contribution in [-0.4, -0.2) is 25.2 Å². The molecule has 140 valence electrons. The molecule has 0 fully saturated rings. The molecule has 0 radical (unpaired) electrons. The number of nitrogens with one attached hydrogen (secondary N) is 1. The molecule has 3 aromatic carbocycles. The number of hydrogen-bond acceptors (Lipinski definition) is 3. The van der Waals surface area contributed by atoms with E-state index >= 15 is 0 Å². The first kappa shape index (κ1) is 19.1. The van der Waals surface area contributed by atoms with Crippen molar-refractivity contribution < 1.29 is 14.3 Å². The fraction of sp³-hybridized carbons (Fsp3) is 0.227. The molecular weight excluding hydrogens is 362 g/mol. The first-order valence-electron chi connectivity index (χ1n) is 8.97. The van der Waals surface area contributed by atoms with E-state index in [1.54, 1.807) is 24.3 Å². The number of hydrogen-bond donors (Lipinski definition) is 1. The number of carbonyl (C=O) groups is 1. The second kappa shape index (κ2) is 9.28. The van der Waals surface area contributed by atoms with Crippen molar-refractivity contribution in [2.75, 3.05) is 13.2 Å². The van der Waals surface area contributed by atoms with Crippen LogP contribution in [0.3, 0.4) is 0 Å². The van der Waals surface area contributed by atoms with Gasteiger partial charge in [-0.25, -0.2) is 0 Å². The standard InChI is InChI=1S/C22H22ClNO3/c1-2-21(27-20-9-5-8-18(23)15-20)22(25)24-12-13-26-19-11-10-16-6-3-4-7-17(16)14-19/h3-11,14-15,21H,2,12-13H2,1H3,(H,24,25)/t21-/m1/s1. The fourth-order valence-corrected chi connectivity index (χ4v) is 2.92. The van der Waals surface area contributed by atoms with Crippen LogP contribution >= 0.6 is 11.6 Å². The van der Waals surface area contributed by atoms with Crippen molar-refractivity contribution in [3.05, 3.63) is 71.8 Å². The molecule has 0 bridgehead atoms. The number of ether oxygens (including phenoxy) is 2. The molecule has 4 nitrogen and oxygen atoms in total. The van der Waals surface area contributed by atoms with Crippen molar-refractivity contribution in [1.29, 1.82) is 0 Å². The minimum atomic E-state index is -0.566. The van der Waals surface area contributed by atoms with Gasteiger partial charge in [0.2, 0.25) is 0 Å². The van der Waals surface area contributed by atoms with Gasteiger partial charge in [-0.05, 0) is 47.5 Å². The van der Waals surface area contributed by atoms with Crippen LogP contribution in [0.25, 0.3) is 10.8 Å². The van der Waals surface area contributed by atoms with Crippen molar-refractivity contribution in [1.82, 2.24) is 5.32 Å². The van der Waals surface area contributed by atoms with Crippen molar-refractivity contribution in [2.45, 2.75) is 19.4 Å². The van der Waals surface area contributed by atoms with Gasteiger partial charge in [-0.3, -0.25) is 4.79 Å². The number of fused-ring (bicyclic) bond motifs is 1. The lowest BCUT2D eigenvalue weighted by atomic mass is 10.1. The lowest BCUT2D eigenvalue weighted by Gasteiger charge is -2.17. The Hall–Kier alpha value is -2.72. The van der Waals surface area contributed by atoms with E-state index in [9.17, 15) is 4.79 Å². The smallest absolute Gasteiger partial charge is 0.261 e. The number of carbonyl (C=O) groups excluding carboxylic acids is 1. The van der Waals surface area contributed by atoms with Crippen molar-refractivity contribution in [2.24, 2.45) is 0 Å². The SMILES string of the molecule is CC[C@@H](Oc1cccc(Cl)c1)C(=O)NCCOc1ccc2ccccc2c1. The average molecular weight is 384 g/mol. The first-order chi connectivity index (χ1) is 13.2. The van der Waals surface area contributed by atoms with E-state index in [0.29, 0.717) is 30.3 Å². The third-order valence-corrected chi connectivity index (χ3v) is 4.36. The lowest BCUT2D eigenvalue weighted by molar-refractivity contribution is -0.128. The predicted octanol–water partition coefficient (Wildman–Crippen LogP) is 4.85. The van der Waals surface area contributed by atoms with Gasteiger partial charge in [0.1, 0.15) is 18.1 Å². The Labute approximate surface area is 164 Å². The van der Waals surface area contributed by atoms with Gasteiger partial charge in [0, 0.05) is 5.02 Å². The average Bonchev–Trinajstić information content (AvgIpc) is 2.69. The summed E-state index contributed by atoms with van der Waals surface area (Å²) in [6.07, 6.45) is -0.00621. The molecule has 0 aliphatic heterocycles. The zero-order valence-electron chi connectivity index (χ0n) is 15.2. The number of rotatable bonds is 8. The molecule has 0 saturated heterocycles. The molecule has 5 heteroatoms. The molecule has 1 amide bonds. The maximum atomic E-state index is 12.3.